The van der Waals surface area contributed by atoms with Crippen LogP contribution in [0.4, 0.5) is 4.39 Å². The fourth-order valence-corrected chi connectivity index (χ4v) is 2.27. The summed E-state index contributed by atoms with van der Waals surface area (Å²) in [6.45, 7) is 5.15. The van der Waals surface area contributed by atoms with Crippen LogP contribution in [0.5, 0.6) is 0 Å². The van der Waals surface area contributed by atoms with E-state index < -0.39 is 0 Å². The van der Waals surface area contributed by atoms with E-state index >= 15 is 0 Å². The average Bonchev–Trinajstić information content (AvgIpc) is 2.34. The van der Waals surface area contributed by atoms with E-state index in [2.05, 4.69) is 12.2 Å². The number of aliphatic hydroxyl groups is 1. The van der Waals surface area contributed by atoms with Gasteiger partial charge in [-0.1, -0.05) is 31.0 Å². The molecule has 102 valence electrons. The van der Waals surface area contributed by atoms with Crippen LogP contribution in [0, 0.1) is 11.7 Å². The first-order chi connectivity index (χ1) is 8.58. The molecule has 0 fully saturated rings. The van der Waals surface area contributed by atoms with E-state index in [9.17, 15) is 4.39 Å². The third-order valence-corrected chi connectivity index (χ3v) is 3.58. The van der Waals surface area contributed by atoms with E-state index in [1.165, 1.54) is 12.1 Å². The third-order valence-electron chi connectivity index (χ3n) is 3.26. The summed E-state index contributed by atoms with van der Waals surface area (Å²) in [7, 11) is 0. The lowest BCUT2D eigenvalue weighted by atomic mass is 10.0. The molecule has 0 amide bonds. The van der Waals surface area contributed by atoms with Gasteiger partial charge in [-0.3, -0.25) is 0 Å². The Morgan fingerprint density at radius 2 is 2.17 bits per heavy atom. The Bertz CT molecular complexity index is 373. The number of hydrogen-bond acceptors (Lipinski definition) is 2. The molecule has 2 atom stereocenters. The van der Waals surface area contributed by atoms with Gasteiger partial charge in [0.1, 0.15) is 5.82 Å². The molecule has 0 saturated heterocycles. The zero-order valence-corrected chi connectivity index (χ0v) is 11.7. The highest BCUT2D eigenvalue weighted by Gasteiger charge is 2.12. The molecule has 0 aliphatic rings. The second-order valence-corrected chi connectivity index (χ2v) is 4.99. The smallest absolute Gasteiger partial charge is 0.124 e. The fraction of sp³-hybridized carbons (Fsp3) is 0.571. The Hall–Kier alpha value is -0.640. The molecular weight excluding hydrogens is 253 g/mol. The largest absolute Gasteiger partial charge is 0.396 e. The van der Waals surface area contributed by atoms with Crippen molar-refractivity contribution in [2.45, 2.75) is 32.7 Å². The maximum Gasteiger partial charge on any atom is 0.124 e. The number of rotatable bonds is 7. The molecule has 0 saturated carbocycles. The minimum absolute atomic E-state index is 0.0749. The summed E-state index contributed by atoms with van der Waals surface area (Å²) in [6.07, 6.45) is 1.82. The Morgan fingerprint density at radius 3 is 2.72 bits per heavy atom. The van der Waals surface area contributed by atoms with Gasteiger partial charge in [-0.05, 0) is 43.5 Å². The van der Waals surface area contributed by atoms with E-state index in [1.807, 2.05) is 6.92 Å². The van der Waals surface area contributed by atoms with Gasteiger partial charge in [0, 0.05) is 17.7 Å². The summed E-state index contributed by atoms with van der Waals surface area (Å²) in [4.78, 5) is 0. The van der Waals surface area contributed by atoms with Crippen molar-refractivity contribution in [3.8, 4) is 0 Å². The molecule has 0 heterocycles. The number of benzene rings is 1. The molecule has 2 nitrogen and oxygen atoms in total. The zero-order chi connectivity index (χ0) is 13.5. The Labute approximate surface area is 113 Å². The summed E-state index contributed by atoms with van der Waals surface area (Å²) in [6, 6.07) is 4.54. The molecule has 0 aliphatic carbocycles. The van der Waals surface area contributed by atoms with Gasteiger partial charge in [-0.15, -0.1) is 0 Å². The predicted octanol–water partition coefficient (Wildman–Crippen LogP) is 3.54. The molecule has 1 aromatic rings. The van der Waals surface area contributed by atoms with Crippen molar-refractivity contribution in [1.82, 2.24) is 5.32 Å². The minimum Gasteiger partial charge on any atom is -0.396 e. The summed E-state index contributed by atoms with van der Waals surface area (Å²) < 4.78 is 12.9. The van der Waals surface area contributed by atoms with E-state index in [-0.39, 0.29) is 18.5 Å². The standard InChI is InChI=1S/C14H21ClFNO/c1-3-11(6-7-18)9-17-10(2)13-5-4-12(16)8-14(13)15/h4-5,8,10-11,17-18H,3,6-7,9H2,1-2H3. The molecule has 0 bridgehead atoms. The minimum atomic E-state index is -0.317. The van der Waals surface area contributed by atoms with E-state index in [4.69, 9.17) is 16.7 Å². The SMILES string of the molecule is CCC(CCO)CNC(C)c1ccc(F)cc1Cl. The zero-order valence-electron chi connectivity index (χ0n) is 10.9. The second-order valence-electron chi connectivity index (χ2n) is 4.58. The number of halogens is 2. The number of hydrogen-bond donors (Lipinski definition) is 2. The highest BCUT2D eigenvalue weighted by molar-refractivity contribution is 6.31. The third kappa shape index (κ3) is 4.56. The van der Waals surface area contributed by atoms with E-state index in [0.717, 1.165) is 24.9 Å². The average molecular weight is 274 g/mol. The fourth-order valence-electron chi connectivity index (χ4n) is 1.94. The first-order valence-corrected chi connectivity index (χ1v) is 6.75. The normalized spacial score (nSPS) is 14.5. The lowest BCUT2D eigenvalue weighted by Gasteiger charge is -2.20. The topological polar surface area (TPSA) is 32.3 Å². The van der Waals surface area contributed by atoms with Gasteiger partial charge in [0.25, 0.3) is 0 Å². The van der Waals surface area contributed by atoms with Crippen LogP contribution < -0.4 is 5.32 Å². The van der Waals surface area contributed by atoms with Gasteiger partial charge in [0.05, 0.1) is 0 Å². The molecule has 4 heteroatoms. The number of aliphatic hydroxyl groups excluding tert-OH is 1. The van der Waals surface area contributed by atoms with Crippen molar-refractivity contribution in [1.29, 1.82) is 0 Å². The lowest BCUT2D eigenvalue weighted by molar-refractivity contribution is 0.249. The summed E-state index contributed by atoms with van der Waals surface area (Å²) >= 11 is 6.01. The van der Waals surface area contributed by atoms with Gasteiger partial charge in [0.15, 0.2) is 0 Å². The van der Waals surface area contributed by atoms with Crippen LogP contribution in [0.15, 0.2) is 18.2 Å². The quantitative estimate of drug-likeness (QED) is 0.796. The van der Waals surface area contributed by atoms with Crippen LogP contribution in [0.3, 0.4) is 0 Å². The lowest BCUT2D eigenvalue weighted by Crippen LogP contribution is -2.26. The highest BCUT2D eigenvalue weighted by atomic mass is 35.5. The van der Waals surface area contributed by atoms with E-state index in [0.29, 0.717) is 10.9 Å². The van der Waals surface area contributed by atoms with E-state index in [1.54, 1.807) is 6.07 Å². The van der Waals surface area contributed by atoms with Gasteiger partial charge in [-0.25, -0.2) is 4.39 Å². The van der Waals surface area contributed by atoms with Crippen LogP contribution in [0.2, 0.25) is 5.02 Å². The predicted molar refractivity (Wildman–Crippen MR) is 73.3 cm³/mol. The van der Waals surface area contributed by atoms with Crippen LogP contribution in [-0.4, -0.2) is 18.3 Å². The molecule has 1 aromatic carbocycles. The molecule has 1 rings (SSSR count). The molecule has 18 heavy (non-hydrogen) atoms. The summed E-state index contributed by atoms with van der Waals surface area (Å²) in [5.41, 5.74) is 0.900. The highest BCUT2D eigenvalue weighted by Crippen LogP contribution is 2.24. The molecule has 0 aliphatic heterocycles. The maximum absolute atomic E-state index is 12.9. The Morgan fingerprint density at radius 1 is 1.44 bits per heavy atom. The van der Waals surface area contributed by atoms with Crippen molar-refractivity contribution < 1.29 is 9.50 Å². The van der Waals surface area contributed by atoms with Crippen LogP contribution in [-0.2, 0) is 0 Å². The van der Waals surface area contributed by atoms with Crippen molar-refractivity contribution >= 4 is 11.6 Å². The van der Waals surface area contributed by atoms with Crippen LogP contribution in [0.25, 0.3) is 0 Å². The number of nitrogens with one attached hydrogen (secondary N) is 1. The van der Waals surface area contributed by atoms with Crippen LogP contribution >= 0.6 is 11.6 Å². The van der Waals surface area contributed by atoms with Gasteiger partial charge in [-0.2, -0.15) is 0 Å². The maximum atomic E-state index is 12.9. The molecule has 0 aromatic heterocycles. The Kier molecular flexibility index (Phi) is 6.61. The Balaban J connectivity index is 2.56. The molecule has 2 N–H and O–H groups in total. The summed E-state index contributed by atoms with van der Waals surface area (Å²) in [5, 5.41) is 12.8. The first-order valence-electron chi connectivity index (χ1n) is 6.37. The molecule has 2 unspecified atom stereocenters. The first kappa shape index (κ1) is 15.4. The summed E-state index contributed by atoms with van der Waals surface area (Å²) in [5.74, 6) is 0.138. The van der Waals surface area contributed by atoms with Crippen molar-refractivity contribution in [2.75, 3.05) is 13.2 Å². The van der Waals surface area contributed by atoms with Crippen molar-refractivity contribution in [2.24, 2.45) is 5.92 Å². The molecule has 0 spiro atoms. The van der Waals surface area contributed by atoms with Crippen molar-refractivity contribution in [3.05, 3.63) is 34.6 Å². The van der Waals surface area contributed by atoms with Gasteiger partial charge < -0.3 is 10.4 Å². The van der Waals surface area contributed by atoms with Gasteiger partial charge >= 0.3 is 0 Å². The molecule has 0 radical (unpaired) electrons. The van der Waals surface area contributed by atoms with Gasteiger partial charge in [0.2, 0.25) is 0 Å². The van der Waals surface area contributed by atoms with Crippen molar-refractivity contribution in [3.63, 3.8) is 0 Å². The molecular formula is C14H21ClFNO. The second kappa shape index (κ2) is 7.72. The monoisotopic (exact) mass is 273 g/mol. The van der Waals surface area contributed by atoms with Crippen LogP contribution in [0.1, 0.15) is 38.3 Å².